The van der Waals surface area contributed by atoms with Crippen LogP contribution in [-0.4, -0.2) is 12.6 Å². The summed E-state index contributed by atoms with van der Waals surface area (Å²) in [5, 5.41) is 0.719. The van der Waals surface area contributed by atoms with Crippen LogP contribution in [0.15, 0.2) is 84.9 Å². The van der Waals surface area contributed by atoms with Crippen molar-refractivity contribution in [2.45, 2.75) is 18.6 Å². The minimum atomic E-state index is -0.135. The van der Waals surface area contributed by atoms with Gasteiger partial charge in [-0.1, -0.05) is 84.4 Å². The Kier molecular flexibility index (Phi) is 6.24. The second-order valence-electron chi connectivity index (χ2n) is 6.11. The van der Waals surface area contributed by atoms with Crippen molar-refractivity contribution in [1.29, 1.82) is 0 Å². The summed E-state index contributed by atoms with van der Waals surface area (Å²) in [5.41, 5.74) is 9.98. The fraction of sp³-hybridized carbons (Fsp3) is 0.182. The first-order valence-electron chi connectivity index (χ1n) is 8.41. The molecule has 3 aromatic rings. The third-order valence-electron chi connectivity index (χ3n) is 4.21. The van der Waals surface area contributed by atoms with Crippen LogP contribution in [-0.2, 0) is 11.3 Å². The SMILES string of the molecule is NC(COCc1cccc(Cl)c1)C(c1ccccc1)c1ccccc1. The first-order valence-corrected chi connectivity index (χ1v) is 8.79. The maximum atomic E-state index is 6.52. The zero-order valence-electron chi connectivity index (χ0n) is 14.0. The number of hydrogen-bond donors (Lipinski definition) is 1. The van der Waals surface area contributed by atoms with Gasteiger partial charge >= 0.3 is 0 Å². The average Bonchev–Trinajstić information content (AvgIpc) is 2.64. The lowest BCUT2D eigenvalue weighted by Gasteiger charge is -2.25. The minimum absolute atomic E-state index is 0.0989. The topological polar surface area (TPSA) is 35.2 Å². The van der Waals surface area contributed by atoms with E-state index in [9.17, 15) is 0 Å². The highest BCUT2D eigenvalue weighted by molar-refractivity contribution is 6.30. The highest BCUT2D eigenvalue weighted by atomic mass is 35.5. The van der Waals surface area contributed by atoms with Crippen LogP contribution in [0.3, 0.4) is 0 Å². The number of ether oxygens (including phenoxy) is 1. The van der Waals surface area contributed by atoms with Gasteiger partial charge in [0, 0.05) is 17.0 Å². The van der Waals surface area contributed by atoms with Crippen molar-refractivity contribution in [1.82, 2.24) is 0 Å². The van der Waals surface area contributed by atoms with Gasteiger partial charge in [-0.15, -0.1) is 0 Å². The summed E-state index contributed by atoms with van der Waals surface area (Å²) in [6.07, 6.45) is 0. The van der Waals surface area contributed by atoms with Crippen LogP contribution in [0.1, 0.15) is 22.6 Å². The van der Waals surface area contributed by atoms with Crippen molar-refractivity contribution in [3.05, 3.63) is 107 Å². The summed E-state index contributed by atoms with van der Waals surface area (Å²) in [6.45, 7) is 0.978. The number of benzene rings is 3. The molecule has 0 amide bonds. The fourth-order valence-corrected chi connectivity index (χ4v) is 3.26. The molecule has 1 atom stereocenters. The van der Waals surface area contributed by atoms with Crippen LogP contribution >= 0.6 is 11.6 Å². The molecule has 0 bridgehead atoms. The van der Waals surface area contributed by atoms with Crippen LogP contribution < -0.4 is 5.73 Å². The predicted octanol–water partition coefficient (Wildman–Crippen LogP) is 5.02. The zero-order chi connectivity index (χ0) is 17.5. The first-order chi connectivity index (χ1) is 12.2. The molecular formula is C22H22ClNO. The van der Waals surface area contributed by atoms with Crippen LogP contribution in [0.4, 0.5) is 0 Å². The summed E-state index contributed by atoms with van der Waals surface area (Å²) >= 11 is 6.02. The molecule has 2 nitrogen and oxygen atoms in total. The van der Waals surface area contributed by atoms with Gasteiger partial charge in [0.2, 0.25) is 0 Å². The minimum Gasteiger partial charge on any atom is -0.375 e. The summed E-state index contributed by atoms with van der Waals surface area (Å²) in [7, 11) is 0. The Morgan fingerprint density at radius 2 is 1.40 bits per heavy atom. The molecule has 0 fully saturated rings. The van der Waals surface area contributed by atoms with Gasteiger partial charge in [-0.3, -0.25) is 0 Å². The molecule has 1 unspecified atom stereocenters. The lowest BCUT2D eigenvalue weighted by Crippen LogP contribution is -2.34. The number of rotatable bonds is 7. The molecule has 25 heavy (non-hydrogen) atoms. The molecule has 3 rings (SSSR count). The van der Waals surface area contributed by atoms with Gasteiger partial charge in [-0.25, -0.2) is 0 Å². The largest absolute Gasteiger partial charge is 0.375 e. The van der Waals surface area contributed by atoms with Gasteiger partial charge in [0.25, 0.3) is 0 Å². The summed E-state index contributed by atoms with van der Waals surface area (Å²) in [4.78, 5) is 0. The molecule has 128 valence electrons. The van der Waals surface area contributed by atoms with E-state index >= 15 is 0 Å². The molecule has 0 heterocycles. The lowest BCUT2D eigenvalue weighted by atomic mass is 9.86. The number of hydrogen-bond acceptors (Lipinski definition) is 2. The van der Waals surface area contributed by atoms with E-state index in [0.717, 1.165) is 10.6 Å². The van der Waals surface area contributed by atoms with Gasteiger partial charge in [0.15, 0.2) is 0 Å². The fourth-order valence-electron chi connectivity index (χ4n) is 3.04. The number of nitrogens with two attached hydrogens (primary N) is 1. The van der Waals surface area contributed by atoms with Gasteiger partial charge in [0.05, 0.1) is 13.2 Å². The first kappa shape index (κ1) is 17.7. The van der Waals surface area contributed by atoms with Crippen LogP contribution in [0.5, 0.6) is 0 Å². The Morgan fingerprint density at radius 1 is 0.800 bits per heavy atom. The summed E-state index contributed by atoms with van der Waals surface area (Å²) < 4.78 is 5.88. The monoisotopic (exact) mass is 351 g/mol. The van der Waals surface area contributed by atoms with Crippen molar-refractivity contribution in [2.24, 2.45) is 5.73 Å². The molecule has 0 aliphatic heterocycles. The van der Waals surface area contributed by atoms with E-state index in [1.165, 1.54) is 11.1 Å². The molecule has 0 aliphatic carbocycles. The van der Waals surface area contributed by atoms with Gasteiger partial charge in [-0.2, -0.15) is 0 Å². The second-order valence-corrected chi connectivity index (χ2v) is 6.54. The maximum absolute atomic E-state index is 6.52. The maximum Gasteiger partial charge on any atom is 0.0718 e. The van der Waals surface area contributed by atoms with Crippen molar-refractivity contribution < 1.29 is 4.74 Å². The molecule has 2 N–H and O–H groups in total. The van der Waals surface area contributed by atoms with E-state index in [-0.39, 0.29) is 12.0 Å². The van der Waals surface area contributed by atoms with Crippen LogP contribution in [0.25, 0.3) is 0 Å². The average molecular weight is 352 g/mol. The smallest absolute Gasteiger partial charge is 0.0718 e. The van der Waals surface area contributed by atoms with E-state index < -0.39 is 0 Å². The van der Waals surface area contributed by atoms with Crippen molar-refractivity contribution >= 4 is 11.6 Å². The van der Waals surface area contributed by atoms with E-state index in [2.05, 4.69) is 24.3 Å². The van der Waals surface area contributed by atoms with Crippen LogP contribution in [0, 0.1) is 0 Å². The second kappa shape index (κ2) is 8.82. The van der Waals surface area contributed by atoms with E-state index in [0.29, 0.717) is 13.2 Å². The standard InChI is InChI=1S/C22H22ClNO/c23-20-13-7-8-17(14-20)15-25-16-21(24)22(18-9-3-1-4-10-18)19-11-5-2-6-12-19/h1-14,21-22H,15-16,24H2. The molecule has 0 aliphatic rings. The van der Waals surface area contributed by atoms with Crippen LogP contribution in [0.2, 0.25) is 5.02 Å². The Labute approximate surface area is 154 Å². The number of halogens is 1. The lowest BCUT2D eigenvalue weighted by molar-refractivity contribution is 0.104. The normalized spacial score (nSPS) is 12.3. The van der Waals surface area contributed by atoms with E-state index in [1.807, 2.05) is 60.7 Å². The molecule has 0 radical (unpaired) electrons. The zero-order valence-corrected chi connectivity index (χ0v) is 14.8. The molecule has 0 spiro atoms. The van der Waals surface area contributed by atoms with Crippen molar-refractivity contribution in [2.75, 3.05) is 6.61 Å². The van der Waals surface area contributed by atoms with E-state index in [4.69, 9.17) is 22.1 Å². The molecule has 3 heteroatoms. The van der Waals surface area contributed by atoms with Crippen molar-refractivity contribution in [3.63, 3.8) is 0 Å². The molecule has 0 aromatic heterocycles. The molecule has 0 saturated carbocycles. The van der Waals surface area contributed by atoms with Gasteiger partial charge in [0.1, 0.15) is 0 Å². The highest BCUT2D eigenvalue weighted by Gasteiger charge is 2.21. The molecule has 0 saturated heterocycles. The summed E-state index contributed by atoms with van der Waals surface area (Å²) in [5.74, 6) is 0.0989. The predicted molar refractivity (Wildman–Crippen MR) is 104 cm³/mol. The Balaban J connectivity index is 1.70. The third-order valence-corrected chi connectivity index (χ3v) is 4.45. The summed E-state index contributed by atoms with van der Waals surface area (Å²) in [6, 6.07) is 28.3. The molecular weight excluding hydrogens is 330 g/mol. The Bertz CT molecular complexity index is 737. The highest BCUT2D eigenvalue weighted by Crippen LogP contribution is 2.27. The Hall–Kier alpha value is -2.13. The quantitative estimate of drug-likeness (QED) is 0.649. The third kappa shape index (κ3) is 4.93. The Morgan fingerprint density at radius 3 is 1.96 bits per heavy atom. The van der Waals surface area contributed by atoms with Gasteiger partial charge in [-0.05, 0) is 28.8 Å². The molecule has 3 aromatic carbocycles. The van der Waals surface area contributed by atoms with Gasteiger partial charge < -0.3 is 10.5 Å². The van der Waals surface area contributed by atoms with Crippen molar-refractivity contribution in [3.8, 4) is 0 Å². The van der Waals surface area contributed by atoms with E-state index in [1.54, 1.807) is 0 Å².